The number of ether oxygens (including phenoxy) is 1. The molecule has 2 aromatic carbocycles. The smallest absolute Gasteiger partial charge is 0.404 e. The normalized spacial score (nSPS) is 10.4. The van der Waals surface area contributed by atoms with E-state index in [9.17, 15) is 9.18 Å². The Morgan fingerprint density at radius 1 is 1.20 bits per heavy atom. The number of aromatic nitrogens is 1. The lowest BCUT2D eigenvalue weighted by Gasteiger charge is -2.07. The third-order valence-electron chi connectivity index (χ3n) is 3.48. The Bertz CT molecular complexity index is 862. The molecule has 6 nitrogen and oxygen atoms in total. The van der Waals surface area contributed by atoms with Crippen LogP contribution in [0.15, 0.2) is 59.1 Å². The summed E-state index contributed by atoms with van der Waals surface area (Å²) < 4.78 is 22.9. The van der Waals surface area contributed by atoms with E-state index >= 15 is 0 Å². The van der Waals surface area contributed by atoms with Gasteiger partial charge in [0.2, 0.25) is 0 Å². The van der Waals surface area contributed by atoms with Gasteiger partial charge in [0.25, 0.3) is 0 Å². The molecule has 1 heterocycles. The Morgan fingerprint density at radius 3 is 2.72 bits per heavy atom. The zero-order chi connectivity index (χ0) is 17.6. The van der Waals surface area contributed by atoms with Crippen LogP contribution in [0.1, 0.15) is 11.3 Å². The van der Waals surface area contributed by atoms with Crippen LogP contribution in [0, 0.1) is 5.82 Å². The molecule has 1 amide bonds. The maximum atomic E-state index is 13.2. The van der Waals surface area contributed by atoms with E-state index in [2.05, 4.69) is 15.2 Å². The molecule has 0 unspecified atom stereocenters. The molecule has 0 radical (unpaired) electrons. The van der Waals surface area contributed by atoms with Gasteiger partial charge in [0.1, 0.15) is 11.5 Å². The van der Waals surface area contributed by atoms with Gasteiger partial charge in [-0.1, -0.05) is 29.4 Å². The van der Waals surface area contributed by atoms with Gasteiger partial charge in [0, 0.05) is 23.9 Å². The summed E-state index contributed by atoms with van der Waals surface area (Å²) >= 11 is 0. The Balaban J connectivity index is 1.61. The van der Waals surface area contributed by atoms with Gasteiger partial charge in [0.15, 0.2) is 12.4 Å². The molecule has 0 spiro atoms. The van der Waals surface area contributed by atoms with Gasteiger partial charge in [-0.15, -0.1) is 0 Å². The highest BCUT2D eigenvalue weighted by Crippen LogP contribution is 2.22. The standard InChI is InChI=1S/C18H16FN3O3/c19-14-3-1-2-12(8-14)10-21-15-6-4-13(5-7-15)17-9-16(25-22-17)11-24-18(20)23/h1-9,21H,10-11H2,(H2,20,23). The van der Waals surface area contributed by atoms with Gasteiger partial charge in [-0.2, -0.15) is 0 Å². The number of amides is 1. The van der Waals surface area contributed by atoms with E-state index in [0.717, 1.165) is 16.8 Å². The second-order valence-corrected chi connectivity index (χ2v) is 5.35. The first kappa shape index (κ1) is 16.5. The average molecular weight is 341 g/mol. The van der Waals surface area contributed by atoms with E-state index < -0.39 is 6.09 Å². The summed E-state index contributed by atoms with van der Waals surface area (Å²) in [5.41, 5.74) is 8.14. The predicted octanol–water partition coefficient (Wildman–Crippen LogP) is 3.69. The van der Waals surface area contributed by atoms with E-state index in [0.29, 0.717) is 18.0 Å². The molecule has 0 aliphatic heterocycles. The van der Waals surface area contributed by atoms with Crippen LogP contribution >= 0.6 is 0 Å². The van der Waals surface area contributed by atoms with Crippen LogP contribution in [0.4, 0.5) is 14.9 Å². The van der Waals surface area contributed by atoms with Crippen molar-refractivity contribution < 1.29 is 18.4 Å². The molecule has 0 aliphatic rings. The van der Waals surface area contributed by atoms with Gasteiger partial charge in [-0.3, -0.25) is 0 Å². The molecule has 7 heteroatoms. The minimum absolute atomic E-state index is 0.0599. The number of anilines is 1. The number of rotatable bonds is 6. The molecule has 0 fully saturated rings. The van der Waals surface area contributed by atoms with Crippen LogP contribution in [0.3, 0.4) is 0 Å². The molecular formula is C18H16FN3O3. The highest BCUT2D eigenvalue weighted by Gasteiger charge is 2.08. The fourth-order valence-corrected chi connectivity index (χ4v) is 2.27. The number of nitrogens with one attached hydrogen (secondary N) is 1. The molecule has 3 aromatic rings. The van der Waals surface area contributed by atoms with Crippen molar-refractivity contribution >= 4 is 11.8 Å². The first-order chi connectivity index (χ1) is 12.1. The van der Waals surface area contributed by atoms with E-state index in [4.69, 9.17) is 10.3 Å². The number of carbonyl (C=O) groups excluding carboxylic acids is 1. The number of hydrogen-bond donors (Lipinski definition) is 2. The SMILES string of the molecule is NC(=O)OCc1cc(-c2ccc(NCc3cccc(F)c3)cc2)no1. The largest absolute Gasteiger partial charge is 0.441 e. The molecule has 1 aromatic heterocycles. The van der Waals surface area contributed by atoms with E-state index in [1.54, 1.807) is 12.1 Å². The number of nitrogens with two attached hydrogens (primary N) is 1. The molecule has 0 bridgehead atoms. The zero-order valence-electron chi connectivity index (χ0n) is 13.2. The number of carbonyl (C=O) groups is 1. The van der Waals surface area contributed by atoms with E-state index in [-0.39, 0.29) is 12.4 Å². The zero-order valence-corrected chi connectivity index (χ0v) is 13.2. The van der Waals surface area contributed by atoms with Crippen molar-refractivity contribution in [1.29, 1.82) is 0 Å². The highest BCUT2D eigenvalue weighted by molar-refractivity contribution is 5.65. The minimum atomic E-state index is -0.869. The Labute approximate surface area is 143 Å². The fourth-order valence-electron chi connectivity index (χ4n) is 2.27. The van der Waals surface area contributed by atoms with Crippen LogP contribution in [0.25, 0.3) is 11.3 Å². The summed E-state index contributed by atoms with van der Waals surface area (Å²) in [4.78, 5) is 10.6. The molecule has 25 heavy (non-hydrogen) atoms. The van der Waals surface area contributed by atoms with Crippen LogP contribution in [0.2, 0.25) is 0 Å². The highest BCUT2D eigenvalue weighted by atomic mass is 19.1. The minimum Gasteiger partial charge on any atom is -0.441 e. The summed E-state index contributed by atoms with van der Waals surface area (Å²) in [6.07, 6.45) is -0.869. The first-order valence-corrected chi connectivity index (χ1v) is 7.57. The van der Waals surface area contributed by atoms with Gasteiger partial charge >= 0.3 is 6.09 Å². The first-order valence-electron chi connectivity index (χ1n) is 7.57. The fraction of sp³-hybridized carbons (Fsp3) is 0.111. The van der Waals surface area contributed by atoms with E-state index in [1.165, 1.54) is 12.1 Å². The molecule has 3 rings (SSSR count). The molecule has 0 saturated carbocycles. The molecule has 3 N–H and O–H groups in total. The van der Waals surface area contributed by atoms with Crippen molar-refractivity contribution in [3.8, 4) is 11.3 Å². The third-order valence-corrected chi connectivity index (χ3v) is 3.48. The number of hydrogen-bond acceptors (Lipinski definition) is 5. The Morgan fingerprint density at radius 2 is 2.00 bits per heavy atom. The Hall–Kier alpha value is -3.35. The maximum Gasteiger partial charge on any atom is 0.404 e. The molecule has 0 atom stereocenters. The summed E-state index contributed by atoms with van der Waals surface area (Å²) in [5, 5.41) is 7.15. The lowest BCUT2D eigenvalue weighted by molar-refractivity contribution is 0.137. The lowest BCUT2D eigenvalue weighted by atomic mass is 10.1. The van der Waals surface area contributed by atoms with Gasteiger partial charge in [-0.25, -0.2) is 9.18 Å². The summed E-state index contributed by atoms with van der Waals surface area (Å²) in [5.74, 6) is 0.152. The van der Waals surface area contributed by atoms with Crippen LogP contribution in [0.5, 0.6) is 0 Å². The third kappa shape index (κ3) is 4.57. The summed E-state index contributed by atoms with van der Waals surface area (Å²) in [7, 11) is 0. The quantitative estimate of drug-likeness (QED) is 0.713. The monoisotopic (exact) mass is 341 g/mol. The lowest BCUT2D eigenvalue weighted by Crippen LogP contribution is -2.12. The van der Waals surface area contributed by atoms with E-state index in [1.807, 2.05) is 30.3 Å². The second kappa shape index (κ2) is 7.48. The van der Waals surface area contributed by atoms with Crippen molar-refractivity contribution in [2.45, 2.75) is 13.2 Å². The topological polar surface area (TPSA) is 90.4 Å². The van der Waals surface area contributed by atoms with Crippen molar-refractivity contribution in [3.05, 3.63) is 71.7 Å². The van der Waals surface area contributed by atoms with Crippen molar-refractivity contribution in [2.75, 3.05) is 5.32 Å². The Kier molecular flexibility index (Phi) is 4.94. The van der Waals surface area contributed by atoms with Crippen molar-refractivity contribution in [3.63, 3.8) is 0 Å². The molecule has 0 aliphatic carbocycles. The van der Waals surface area contributed by atoms with Gasteiger partial charge in [-0.05, 0) is 29.8 Å². The number of halogens is 1. The maximum absolute atomic E-state index is 13.2. The average Bonchev–Trinajstić information content (AvgIpc) is 3.08. The van der Waals surface area contributed by atoms with Gasteiger partial charge in [0.05, 0.1) is 0 Å². The summed E-state index contributed by atoms with van der Waals surface area (Å²) in [6, 6.07) is 15.7. The van der Waals surface area contributed by atoms with Crippen LogP contribution in [-0.4, -0.2) is 11.2 Å². The number of primary amides is 1. The molecule has 128 valence electrons. The molecule has 0 saturated heterocycles. The molecular weight excluding hydrogens is 325 g/mol. The van der Waals surface area contributed by atoms with Crippen molar-refractivity contribution in [1.82, 2.24) is 5.16 Å². The van der Waals surface area contributed by atoms with Crippen LogP contribution in [-0.2, 0) is 17.9 Å². The predicted molar refractivity (Wildman–Crippen MR) is 90.0 cm³/mol. The number of nitrogens with zero attached hydrogens (tertiary/aromatic N) is 1. The second-order valence-electron chi connectivity index (χ2n) is 5.35. The number of benzene rings is 2. The van der Waals surface area contributed by atoms with Crippen molar-refractivity contribution in [2.24, 2.45) is 5.73 Å². The van der Waals surface area contributed by atoms with Gasteiger partial charge < -0.3 is 20.3 Å². The summed E-state index contributed by atoms with van der Waals surface area (Å²) in [6.45, 7) is 0.464. The van der Waals surface area contributed by atoms with Crippen LogP contribution < -0.4 is 11.1 Å².